The third-order valence-corrected chi connectivity index (χ3v) is 7.61. The maximum Gasteiger partial charge on any atom is 2.00 e. The third-order valence-electron chi connectivity index (χ3n) is 7.61. The van der Waals surface area contributed by atoms with Crippen molar-refractivity contribution >= 4 is 34.0 Å². The fourth-order valence-electron chi connectivity index (χ4n) is 5.61. The summed E-state index contributed by atoms with van der Waals surface area (Å²) < 4.78 is 4.30. The van der Waals surface area contributed by atoms with Gasteiger partial charge in [0.1, 0.15) is 11.6 Å². The molecule has 44 heavy (non-hydrogen) atoms. The van der Waals surface area contributed by atoms with E-state index in [9.17, 15) is 0 Å². The molecule has 5 aromatic carbocycles. The number of nitrogens with zero attached hydrogens (tertiary/aromatic N) is 5. The monoisotopic (exact) mass is 746 g/mol. The average Bonchev–Trinajstić information content (AvgIpc) is 3.76. The first-order valence-electron chi connectivity index (χ1n) is 14.2. The van der Waals surface area contributed by atoms with Crippen LogP contribution in [0.25, 0.3) is 56.6 Å². The number of imidazole rings is 2. The van der Waals surface area contributed by atoms with Gasteiger partial charge in [0.15, 0.2) is 0 Å². The van der Waals surface area contributed by atoms with Gasteiger partial charge in [-0.3, -0.25) is 9.55 Å². The number of hydrogen-bond donors (Lipinski definition) is 0. The summed E-state index contributed by atoms with van der Waals surface area (Å²) in [7, 11) is 0. The molecule has 0 saturated heterocycles. The van der Waals surface area contributed by atoms with E-state index >= 15 is 0 Å². The summed E-state index contributed by atoms with van der Waals surface area (Å²) in [6, 6.07) is 48.4. The molecule has 0 aliphatic heterocycles. The summed E-state index contributed by atoms with van der Waals surface area (Å²) in [6.07, 6.45) is 6.22. The zero-order chi connectivity index (χ0) is 28.6. The second-order valence-corrected chi connectivity index (χ2v) is 10.3. The molecule has 212 valence electrons. The van der Waals surface area contributed by atoms with Crippen molar-refractivity contribution in [2.45, 2.75) is 0 Å². The maximum atomic E-state index is 5.18. The molecule has 3 aromatic heterocycles. The first-order valence-corrected chi connectivity index (χ1v) is 14.2. The standard InChI is InChI=1S/C38H25N5.Pt/c1-4-14-27(15-5-1)35-26-42(28-16-6-2-7-17-28)37(41-35)24-33-30-20-10-11-21-31(30)34(39-33)25-38-40-32-22-12-13-23-36(32)43(38)29-18-8-3-9-19-29;/h1-14,16-26H;/q-2;+2. The third kappa shape index (κ3) is 5.02. The Morgan fingerprint density at radius 3 is 1.91 bits per heavy atom. The molecule has 0 fully saturated rings. The molecular weight excluding hydrogens is 722 g/mol. The van der Waals surface area contributed by atoms with Crippen molar-refractivity contribution in [2.24, 2.45) is 0 Å². The topological polar surface area (TPSA) is 49.7 Å². The second-order valence-electron chi connectivity index (χ2n) is 10.3. The fourth-order valence-corrected chi connectivity index (χ4v) is 5.61. The molecular formula is C38H25N5Pt. The van der Waals surface area contributed by atoms with E-state index in [1.54, 1.807) is 0 Å². The minimum Gasteiger partial charge on any atom is -0.657 e. The van der Waals surface area contributed by atoms with Crippen molar-refractivity contribution in [3.8, 4) is 22.6 Å². The smallest absolute Gasteiger partial charge is 0.657 e. The van der Waals surface area contributed by atoms with E-state index < -0.39 is 0 Å². The van der Waals surface area contributed by atoms with Crippen molar-refractivity contribution in [1.29, 1.82) is 0 Å². The molecule has 6 heteroatoms. The van der Waals surface area contributed by atoms with Gasteiger partial charge in [0, 0.05) is 17.1 Å². The van der Waals surface area contributed by atoms with Gasteiger partial charge in [0.05, 0.1) is 11.0 Å². The number of fused-ring (bicyclic) bond motifs is 2. The number of benzene rings is 5. The van der Waals surface area contributed by atoms with Crippen LogP contribution in [0.5, 0.6) is 0 Å². The molecule has 0 saturated carbocycles. The molecule has 0 aliphatic rings. The maximum absolute atomic E-state index is 5.18. The molecule has 0 radical (unpaired) electrons. The molecule has 0 bridgehead atoms. The van der Waals surface area contributed by atoms with Gasteiger partial charge in [-0.2, -0.15) is 0 Å². The Kier molecular flexibility index (Phi) is 7.39. The van der Waals surface area contributed by atoms with Crippen LogP contribution in [0.3, 0.4) is 0 Å². The van der Waals surface area contributed by atoms with Crippen molar-refractivity contribution in [1.82, 2.24) is 24.1 Å². The normalized spacial score (nSPS) is 12.2. The molecule has 0 amide bonds. The average molecular weight is 747 g/mol. The predicted molar refractivity (Wildman–Crippen MR) is 173 cm³/mol. The van der Waals surface area contributed by atoms with Crippen LogP contribution < -0.4 is 15.7 Å². The van der Waals surface area contributed by atoms with Crippen molar-refractivity contribution < 1.29 is 21.1 Å². The predicted octanol–water partition coefficient (Wildman–Crippen LogP) is 6.44. The van der Waals surface area contributed by atoms with Gasteiger partial charge >= 0.3 is 21.1 Å². The van der Waals surface area contributed by atoms with E-state index in [2.05, 4.69) is 88.1 Å². The Morgan fingerprint density at radius 1 is 0.591 bits per heavy atom. The Balaban J connectivity index is 0.00000312. The molecule has 8 aromatic rings. The summed E-state index contributed by atoms with van der Waals surface area (Å²) in [4.78, 5) is 15.2. The van der Waals surface area contributed by atoms with E-state index in [1.165, 1.54) is 0 Å². The van der Waals surface area contributed by atoms with Crippen molar-refractivity contribution in [3.05, 3.63) is 168 Å². The minimum absolute atomic E-state index is 0. The zero-order valence-corrected chi connectivity index (χ0v) is 25.8. The zero-order valence-electron chi connectivity index (χ0n) is 23.5. The second kappa shape index (κ2) is 11.8. The van der Waals surface area contributed by atoms with E-state index in [1.807, 2.05) is 78.9 Å². The van der Waals surface area contributed by atoms with Gasteiger partial charge in [-0.25, -0.2) is 4.98 Å². The van der Waals surface area contributed by atoms with Gasteiger partial charge in [-0.05, 0) is 65.5 Å². The Labute approximate surface area is 268 Å². The van der Waals surface area contributed by atoms with E-state index in [-0.39, 0.29) is 21.1 Å². The van der Waals surface area contributed by atoms with Crippen molar-refractivity contribution in [2.75, 3.05) is 0 Å². The molecule has 8 rings (SSSR count). The van der Waals surface area contributed by atoms with Crippen LogP contribution in [0.15, 0.2) is 140 Å². The summed E-state index contributed by atoms with van der Waals surface area (Å²) in [5, 5.41) is 3.85. The number of para-hydroxylation sites is 4. The number of aromatic nitrogens is 5. The summed E-state index contributed by atoms with van der Waals surface area (Å²) >= 11 is 0. The van der Waals surface area contributed by atoms with E-state index in [4.69, 9.17) is 15.0 Å². The Morgan fingerprint density at radius 2 is 1.20 bits per heavy atom. The van der Waals surface area contributed by atoms with Crippen molar-refractivity contribution in [3.63, 3.8) is 0 Å². The summed E-state index contributed by atoms with van der Waals surface area (Å²) in [6.45, 7) is 0. The van der Waals surface area contributed by atoms with E-state index in [0.29, 0.717) is 0 Å². The van der Waals surface area contributed by atoms with Crippen LogP contribution in [0, 0.1) is 6.07 Å². The largest absolute Gasteiger partial charge is 2.00 e. The number of hydrogen-bond acceptors (Lipinski definition) is 2. The van der Waals surface area contributed by atoms with Crippen LogP contribution in [-0.2, 0) is 21.1 Å². The Bertz CT molecular complexity index is 2330. The molecule has 0 N–H and O–H groups in total. The van der Waals surface area contributed by atoms with Crippen LogP contribution in [-0.4, -0.2) is 19.1 Å². The summed E-state index contributed by atoms with van der Waals surface area (Å²) in [5.74, 6) is 1.62. The summed E-state index contributed by atoms with van der Waals surface area (Å²) in [5.41, 5.74) is 5.88. The van der Waals surface area contributed by atoms with E-state index in [0.717, 1.165) is 66.8 Å². The fraction of sp³-hybridized carbons (Fsp3) is 0. The van der Waals surface area contributed by atoms with Crippen LogP contribution >= 0.6 is 0 Å². The minimum atomic E-state index is 0. The van der Waals surface area contributed by atoms with Gasteiger partial charge in [0.2, 0.25) is 0 Å². The van der Waals surface area contributed by atoms with Gasteiger partial charge in [0.25, 0.3) is 0 Å². The molecule has 3 heterocycles. The molecule has 5 nitrogen and oxygen atoms in total. The molecule has 0 aliphatic carbocycles. The first-order chi connectivity index (χ1) is 21.3. The van der Waals surface area contributed by atoms with Gasteiger partial charge in [-0.1, -0.05) is 72.8 Å². The quantitative estimate of drug-likeness (QED) is 0.191. The molecule has 0 unspecified atom stereocenters. The SMILES string of the molecule is [Pt+2].[c-]1ccccc1-c1cn(-c2ccccc2)c(C=c2[n-]c(=Cc3nc4ccccc4n3-c3ccccc3)c3ccccc23)n1. The van der Waals surface area contributed by atoms with Crippen LogP contribution in [0.2, 0.25) is 0 Å². The van der Waals surface area contributed by atoms with Crippen LogP contribution in [0.1, 0.15) is 11.6 Å². The number of rotatable bonds is 5. The molecule has 0 spiro atoms. The van der Waals surface area contributed by atoms with Crippen LogP contribution in [0.4, 0.5) is 0 Å². The molecule has 0 atom stereocenters. The van der Waals surface area contributed by atoms with Gasteiger partial charge in [-0.15, -0.1) is 46.6 Å². The Hall–Kier alpha value is -5.25. The van der Waals surface area contributed by atoms with Gasteiger partial charge < -0.3 is 9.55 Å². The first kappa shape index (κ1) is 27.6.